The number of nitrogens with zero attached hydrogens (tertiary/aromatic N) is 1. The number of hydrogen-bond donors (Lipinski definition) is 1. The normalized spacial score (nSPS) is 11.2. The van der Waals surface area contributed by atoms with E-state index in [1.54, 1.807) is 58.0 Å². The zero-order chi connectivity index (χ0) is 24.4. The quantitative estimate of drug-likeness (QED) is 0.466. The van der Waals surface area contributed by atoms with Crippen LogP contribution in [0, 0.1) is 0 Å². The molecule has 2 aromatic rings. The van der Waals surface area contributed by atoms with Crippen molar-refractivity contribution in [3.63, 3.8) is 0 Å². The van der Waals surface area contributed by atoms with Gasteiger partial charge in [-0.2, -0.15) is 4.31 Å². The summed E-state index contributed by atoms with van der Waals surface area (Å²) in [7, 11) is -3.79. The zero-order valence-corrected chi connectivity index (χ0v) is 20.1. The van der Waals surface area contributed by atoms with Gasteiger partial charge < -0.3 is 19.5 Å². The molecule has 0 aliphatic rings. The summed E-state index contributed by atoms with van der Waals surface area (Å²) in [6.45, 7) is 7.89. The smallest absolute Gasteiger partial charge is 0.338 e. The first kappa shape index (κ1) is 26.1. The molecule has 0 unspecified atom stereocenters. The summed E-state index contributed by atoms with van der Waals surface area (Å²) >= 11 is 0. The molecule has 33 heavy (non-hydrogen) atoms. The molecule has 0 aliphatic heterocycles. The van der Waals surface area contributed by atoms with Crippen molar-refractivity contribution >= 4 is 27.6 Å². The number of esters is 1. The van der Waals surface area contributed by atoms with Crippen LogP contribution in [-0.2, 0) is 19.6 Å². The summed E-state index contributed by atoms with van der Waals surface area (Å²) in [6.07, 6.45) is 0. The highest BCUT2D eigenvalue weighted by Gasteiger charge is 2.26. The SMILES string of the molecule is CCOC(=O)c1ccc(OCC(=O)Nc2ccc(OCC)c(S(=O)(=O)N(CC)CC)c2)cc1. The third-order valence-electron chi connectivity index (χ3n) is 4.59. The molecule has 0 saturated carbocycles. The van der Waals surface area contributed by atoms with E-state index >= 15 is 0 Å². The Morgan fingerprint density at radius 1 is 0.909 bits per heavy atom. The molecule has 0 aliphatic carbocycles. The lowest BCUT2D eigenvalue weighted by Gasteiger charge is -2.21. The first-order valence-corrected chi connectivity index (χ1v) is 12.2. The molecule has 180 valence electrons. The van der Waals surface area contributed by atoms with E-state index in [1.165, 1.54) is 16.4 Å². The maximum atomic E-state index is 13.0. The Kier molecular flexibility index (Phi) is 9.68. The maximum Gasteiger partial charge on any atom is 0.338 e. The fourth-order valence-electron chi connectivity index (χ4n) is 3.01. The van der Waals surface area contributed by atoms with Gasteiger partial charge in [-0.1, -0.05) is 13.8 Å². The average molecular weight is 479 g/mol. The number of hydrogen-bond acceptors (Lipinski definition) is 7. The number of rotatable bonds is 12. The van der Waals surface area contributed by atoms with Gasteiger partial charge in [0, 0.05) is 18.8 Å². The Morgan fingerprint density at radius 3 is 2.15 bits per heavy atom. The number of carbonyl (C=O) groups excluding carboxylic acids is 2. The van der Waals surface area contributed by atoms with E-state index in [9.17, 15) is 18.0 Å². The van der Waals surface area contributed by atoms with Gasteiger partial charge in [-0.15, -0.1) is 0 Å². The van der Waals surface area contributed by atoms with Gasteiger partial charge in [-0.05, 0) is 56.3 Å². The molecule has 10 heteroatoms. The van der Waals surface area contributed by atoms with Gasteiger partial charge in [0.15, 0.2) is 6.61 Å². The highest BCUT2D eigenvalue weighted by molar-refractivity contribution is 7.89. The number of carbonyl (C=O) groups is 2. The topological polar surface area (TPSA) is 111 Å². The molecule has 0 aromatic heterocycles. The van der Waals surface area contributed by atoms with E-state index in [0.717, 1.165) is 0 Å². The molecule has 0 fully saturated rings. The largest absolute Gasteiger partial charge is 0.492 e. The van der Waals surface area contributed by atoms with Crippen LogP contribution in [0.2, 0.25) is 0 Å². The Bertz CT molecular complexity index is 1050. The minimum absolute atomic E-state index is 0.0127. The van der Waals surface area contributed by atoms with Crippen molar-refractivity contribution < 1.29 is 32.2 Å². The summed E-state index contributed by atoms with van der Waals surface area (Å²) in [5.74, 6) is -0.289. The van der Waals surface area contributed by atoms with Gasteiger partial charge >= 0.3 is 5.97 Å². The van der Waals surface area contributed by atoms with Gasteiger partial charge in [0.05, 0.1) is 18.8 Å². The highest BCUT2D eigenvalue weighted by Crippen LogP contribution is 2.30. The molecular weight excluding hydrogens is 448 g/mol. The second kappa shape index (κ2) is 12.2. The van der Waals surface area contributed by atoms with E-state index in [4.69, 9.17) is 14.2 Å². The van der Waals surface area contributed by atoms with Crippen LogP contribution in [0.1, 0.15) is 38.1 Å². The number of ether oxygens (including phenoxy) is 3. The molecule has 0 saturated heterocycles. The molecule has 0 bridgehead atoms. The van der Waals surface area contributed by atoms with Crippen LogP contribution in [0.4, 0.5) is 5.69 Å². The summed E-state index contributed by atoms with van der Waals surface area (Å²) < 4.78 is 43.2. The number of amides is 1. The molecule has 1 amide bonds. The van der Waals surface area contributed by atoms with Crippen molar-refractivity contribution in [3.05, 3.63) is 48.0 Å². The van der Waals surface area contributed by atoms with E-state index in [0.29, 0.717) is 36.7 Å². The van der Waals surface area contributed by atoms with Gasteiger partial charge in [0.25, 0.3) is 5.91 Å². The number of sulfonamides is 1. The predicted octanol–water partition coefficient (Wildman–Crippen LogP) is 3.31. The summed E-state index contributed by atoms with van der Waals surface area (Å²) in [4.78, 5) is 24.0. The van der Waals surface area contributed by atoms with Crippen molar-refractivity contribution in [2.24, 2.45) is 0 Å². The van der Waals surface area contributed by atoms with Crippen LogP contribution >= 0.6 is 0 Å². The van der Waals surface area contributed by atoms with E-state index < -0.39 is 21.9 Å². The van der Waals surface area contributed by atoms with Crippen molar-refractivity contribution in [1.82, 2.24) is 4.31 Å². The van der Waals surface area contributed by atoms with Crippen molar-refractivity contribution in [2.75, 3.05) is 38.2 Å². The highest BCUT2D eigenvalue weighted by atomic mass is 32.2. The zero-order valence-electron chi connectivity index (χ0n) is 19.3. The lowest BCUT2D eigenvalue weighted by molar-refractivity contribution is -0.118. The Hall–Kier alpha value is -3.11. The Morgan fingerprint density at radius 2 is 1.58 bits per heavy atom. The molecule has 2 aromatic carbocycles. The van der Waals surface area contributed by atoms with Gasteiger partial charge in [-0.25, -0.2) is 13.2 Å². The van der Waals surface area contributed by atoms with Crippen LogP contribution in [0.5, 0.6) is 11.5 Å². The second-order valence-corrected chi connectivity index (χ2v) is 8.67. The third kappa shape index (κ3) is 6.93. The molecule has 9 nitrogen and oxygen atoms in total. The van der Waals surface area contributed by atoms with Gasteiger partial charge in [-0.3, -0.25) is 4.79 Å². The second-order valence-electron chi connectivity index (χ2n) is 6.77. The Labute approximate surface area is 194 Å². The van der Waals surface area contributed by atoms with Crippen LogP contribution < -0.4 is 14.8 Å². The summed E-state index contributed by atoms with van der Waals surface area (Å²) in [5, 5.41) is 2.64. The van der Waals surface area contributed by atoms with Crippen LogP contribution in [0.3, 0.4) is 0 Å². The first-order valence-electron chi connectivity index (χ1n) is 10.7. The van der Waals surface area contributed by atoms with E-state index in [2.05, 4.69) is 5.32 Å². The molecule has 0 spiro atoms. The van der Waals surface area contributed by atoms with Crippen LogP contribution in [-0.4, -0.2) is 57.5 Å². The first-order chi connectivity index (χ1) is 15.8. The molecule has 0 radical (unpaired) electrons. The van der Waals surface area contributed by atoms with E-state index in [1.807, 2.05) is 0 Å². The molecular formula is C23H30N2O7S. The number of anilines is 1. The minimum atomic E-state index is -3.79. The molecule has 0 atom stereocenters. The standard InChI is InChI=1S/C23H30N2O7S/c1-5-25(6-2)33(28,29)21-15-18(11-14-20(21)30-7-3)24-22(26)16-32-19-12-9-17(10-13-19)23(27)31-8-4/h9-15H,5-8,16H2,1-4H3,(H,24,26). The predicted molar refractivity (Wildman–Crippen MR) is 124 cm³/mol. The lowest BCUT2D eigenvalue weighted by atomic mass is 10.2. The average Bonchev–Trinajstić information content (AvgIpc) is 2.80. The minimum Gasteiger partial charge on any atom is -0.492 e. The van der Waals surface area contributed by atoms with Gasteiger partial charge in [0.1, 0.15) is 16.4 Å². The van der Waals surface area contributed by atoms with Crippen LogP contribution in [0.25, 0.3) is 0 Å². The maximum absolute atomic E-state index is 13.0. The Balaban J connectivity index is 2.10. The lowest BCUT2D eigenvalue weighted by Crippen LogP contribution is -2.31. The monoisotopic (exact) mass is 478 g/mol. The van der Waals surface area contributed by atoms with Crippen LogP contribution in [0.15, 0.2) is 47.4 Å². The summed E-state index contributed by atoms with van der Waals surface area (Å²) in [6, 6.07) is 10.7. The van der Waals surface area contributed by atoms with Gasteiger partial charge in [0.2, 0.25) is 10.0 Å². The van der Waals surface area contributed by atoms with Crippen molar-refractivity contribution in [2.45, 2.75) is 32.6 Å². The molecule has 2 rings (SSSR count). The van der Waals surface area contributed by atoms with E-state index in [-0.39, 0.29) is 23.9 Å². The van der Waals surface area contributed by atoms with Crippen molar-refractivity contribution in [1.29, 1.82) is 0 Å². The fourth-order valence-corrected chi connectivity index (χ4v) is 4.63. The molecule has 0 heterocycles. The number of nitrogens with one attached hydrogen (secondary N) is 1. The molecule has 1 N–H and O–H groups in total. The summed E-state index contributed by atoms with van der Waals surface area (Å²) in [5.41, 5.74) is 0.681. The van der Waals surface area contributed by atoms with Crippen molar-refractivity contribution in [3.8, 4) is 11.5 Å². The third-order valence-corrected chi connectivity index (χ3v) is 6.66. The number of benzene rings is 2. The fraction of sp³-hybridized carbons (Fsp3) is 0.391.